The maximum Gasteiger partial charge on any atom is 0.416 e. The Kier molecular flexibility index (Phi) is 7.88. The summed E-state index contributed by atoms with van der Waals surface area (Å²) in [4.78, 5) is 14.9. The molecule has 4 nitrogen and oxygen atoms in total. The fourth-order valence-corrected chi connectivity index (χ4v) is 2.27. The van der Waals surface area contributed by atoms with Crippen molar-refractivity contribution in [3.63, 3.8) is 0 Å². The minimum absolute atomic E-state index is 0.00432. The molecule has 26 heavy (non-hydrogen) atoms. The highest BCUT2D eigenvalue weighted by molar-refractivity contribution is 5.72. The zero-order valence-corrected chi connectivity index (χ0v) is 14.4. The molecule has 1 N–H and O–H groups in total. The van der Waals surface area contributed by atoms with E-state index in [0.717, 1.165) is 0 Å². The zero-order valence-electron chi connectivity index (χ0n) is 14.4. The maximum absolute atomic E-state index is 12.3. The van der Waals surface area contributed by atoms with Gasteiger partial charge >= 0.3 is 12.4 Å². The first-order chi connectivity index (χ1) is 12.0. The van der Waals surface area contributed by atoms with Crippen LogP contribution in [0.15, 0.2) is 18.2 Å². The number of piperazine rings is 1. The van der Waals surface area contributed by atoms with Crippen molar-refractivity contribution in [1.29, 1.82) is 0 Å². The van der Waals surface area contributed by atoms with Gasteiger partial charge in [0.25, 0.3) is 0 Å². The van der Waals surface area contributed by atoms with Gasteiger partial charge < -0.3 is 15.1 Å². The second kappa shape index (κ2) is 9.22. The highest BCUT2D eigenvalue weighted by Gasteiger charge is 2.36. The molecule has 1 aliphatic heterocycles. The SMILES string of the molecule is CCN1CCN(C)CC1.O=CNc1cc(C(F)(F)F)cc(C(F)(F)F)c1. The van der Waals surface area contributed by atoms with Gasteiger partial charge in [-0.25, -0.2) is 0 Å². The first-order valence-corrected chi connectivity index (χ1v) is 7.88. The fraction of sp³-hybridized carbons (Fsp3) is 0.562. The number of nitrogens with zero attached hydrogens (tertiary/aromatic N) is 2. The lowest BCUT2D eigenvalue weighted by Crippen LogP contribution is -2.44. The standard InChI is InChI=1S/C9H5F6NO.C7H16N2/c10-8(11,12)5-1-6(9(13,14)15)3-7(2-5)16-4-17;1-3-9-6-4-8(2)5-7-9/h1-4H,(H,16,17);3-7H2,1-2H3. The van der Waals surface area contributed by atoms with Crippen LogP contribution in [0.2, 0.25) is 0 Å². The molecule has 0 unspecified atom stereocenters. The number of hydrogen-bond donors (Lipinski definition) is 1. The molecule has 0 aliphatic carbocycles. The van der Waals surface area contributed by atoms with Crippen LogP contribution in [0.1, 0.15) is 18.1 Å². The summed E-state index contributed by atoms with van der Waals surface area (Å²) in [5.41, 5.74) is -3.52. The van der Waals surface area contributed by atoms with Crippen molar-refractivity contribution in [2.45, 2.75) is 19.3 Å². The third-order valence-corrected chi connectivity index (χ3v) is 3.86. The largest absolute Gasteiger partial charge is 0.416 e. The van der Waals surface area contributed by atoms with Crippen LogP contribution in [0.4, 0.5) is 32.0 Å². The number of hydrogen-bond acceptors (Lipinski definition) is 3. The topological polar surface area (TPSA) is 35.6 Å². The summed E-state index contributed by atoms with van der Waals surface area (Å²) >= 11 is 0. The number of benzene rings is 1. The van der Waals surface area contributed by atoms with Crippen LogP contribution < -0.4 is 5.32 Å². The van der Waals surface area contributed by atoms with Gasteiger partial charge in [0, 0.05) is 31.9 Å². The summed E-state index contributed by atoms with van der Waals surface area (Å²) in [6, 6.07) is 0.823. The zero-order chi connectivity index (χ0) is 20.0. The number of anilines is 1. The highest BCUT2D eigenvalue weighted by atomic mass is 19.4. The van der Waals surface area contributed by atoms with Crippen molar-refractivity contribution in [3.05, 3.63) is 29.3 Å². The normalized spacial score (nSPS) is 16.6. The van der Waals surface area contributed by atoms with E-state index in [1.54, 1.807) is 5.32 Å². The van der Waals surface area contributed by atoms with Gasteiger partial charge in [-0.15, -0.1) is 0 Å². The van der Waals surface area contributed by atoms with E-state index >= 15 is 0 Å². The molecule has 0 bridgehead atoms. The van der Waals surface area contributed by atoms with E-state index in [1.807, 2.05) is 0 Å². The molecular weight excluding hydrogens is 364 g/mol. The third kappa shape index (κ3) is 7.20. The van der Waals surface area contributed by atoms with Crippen LogP contribution in [-0.2, 0) is 17.1 Å². The average Bonchev–Trinajstić information content (AvgIpc) is 2.55. The van der Waals surface area contributed by atoms with Gasteiger partial charge in [0.2, 0.25) is 6.41 Å². The molecule has 0 aromatic heterocycles. The quantitative estimate of drug-likeness (QED) is 0.639. The second-order valence-electron chi connectivity index (χ2n) is 5.79. The van der Waals surface area contributed by atoms with Crippen molar-refractivity contribution < 1.29 is 31.1 Å². The number of likely N-dealkylation sites (N-methyl/N-ethyl adjacent to an activating group) is 2. The van der Waals surface area contributed by atoms with E-state index < -0.39 is 29.2 Å². The summed E-state index contributed by atoms with van der Waals surface area (Å²) in [5.74, 6) is 0. The van der Waals surface area contributed by atoms with Crippen molar-refractivity contribution in [2.75, 3.05) is 45.1 Å². The lowest BCUT2D eigenvalue weighted by Gasteiger charge is -2.31. The summed E-state index contributed by atoms with van der Waals surface area (Å²) in [7, 11) is 2.19. The van der Waals surface area contributed by atoms with E-state index in [0.29, 0.717) is 12.1 Å². The predicted molar refractivity (Wildman–Crippen MR) is 85.7 cm³/mol. The fourth-order valence-electron chi connectivity index (χ4n) is 2.27. The van der Waals surface area contributed by atoms with E-state index in [-0.39, 0.29) is 12.5 Å². The average molecular weight is 385 g/mol. The number of carbonyl (C=O) groups is 1. The molecule has 1 fully saturated rings. The van der Waals surface area contributed by atoms with Gasteiger partial charge in [0.05, 0.1) is 11.1 Å². The van der Waals surface area contributed by atoms with Gasteiger partial charge in [0.1, 0.15) is 0 Å². The third-order valence-electron chi connectivity index (χ3n) is 3.86. The molecule has 1 amide bonds. The van der Waals surface area contributed by atoms with Gasteiger partial charge in [-0.3, -0.25) is 4.79 Å². The molecule has 1 aliphatic rings. The van der Waals surface area contributed by atoms with Crippen LogP contribution >= 0.6 is 0 Å². The lowest BCUT2D eigenvalue weighted by molar-refractivity contribution is -0.143. The van der Waals surface area contributed by atoms with Crippen LogP contribution in [0.25, 0.3) is 0 Å². The Hall–Kier alpha value is -1.81. The van der Waals surface area contributed by atoms with Gasteiger partial charge in [-0.2, -0.15) is 26.3 Å². The molecule has 2 rings (SSSR count). The van der Waals surface area contributed by atoms with Gasteiger partial charge in [-0.1, -0.05) is 6.92 Å². The number of halogens is 6. The summed E-state index contributed by atoms with van der Waals surface area (Å²) < 4.78 is 73.8. The summed E-state index contributed by atoms with van der Waals surface area (Å²) in [6.45, 7) is 8.45. The van der Waals surface area contributed by atoms with E-state index in [4.69, 9.17) is 0 Å². The molecule has 1 aromatic rings. The molecule has 0 atom stereocenters. The summed E-state index contributed by atoms with van der Waals surface area (Å²) in [5, 5.41) is 1.75. The number of rotatable bonds is 3. The summed E-state index contributed by atoms with van der Waals surface area (Å²) in [6.07, 6.45) is -9.84. The Labute approximate surface area is 147 Å². The van der Waals surface area contributed by atoms with E-state index in [1.165, 1.54) is 32.7 Å². The monoisotopic (exact) mass is 385 g/mol. The lowest BCUT2D eigenvalue weighted by atomic mass is 10.1. The van der Waals surface area contributed by atoms with Crippen LogP contribution in [0.5, 0.6) is 0 Å². The highest BCUT2D eigenvalue weighted by Crippen LogP contribution is 2.37. The first-order valence-electron chi connectivity index (χ1n) is 7.88. The van der Waals surface area contributed by atoms with Gasteiger partial charge in [0.15, 0.2) is 0 Å². The van der Waals surface area contributed by atoms with E-state index in [9.17, 15) is 31.1 Å². The molecule has 0 spiro atoms. The van der Waals surface area contributed by atoms with Crippen molar-refractivity contribution >= 4 is 12.1 Å². The molecule has 148 valence electrons. The molecule has 1 aromatic carbocycles. The Morgan fingerprint density at radius 1 is 0.962 bits per heavy atom. The molecule has 10 heteroatoms. The number of carbonyl (C=O) groups excluding carboxylic acids is 1. The number of alkyl halides is 6. The molecule has 1 heterocycles. The smallest absolute Gasteiger partial charge is 0.329 e. The van der Waals surface area contributed by atoms with Crippen molar-refractivity contribution in [1.82, 2.24) is 9.80 Å². The Bertz CT molecular complexity index is 548. The number of amides is 1. The first kappa shape index (κ1) is 22.2. The Morgan fingerprint density at radius 3 is 1.77 bits per heavy atom. The molecular formula is C16H21F6N3O. The second-order valence-corrected chi connectivity index (χ2v) is 5.79. The molecule has 1 saturated heterocycles. The van der Waals surface area contributed by atoms with Crippen molar-refractivity contribution in [2.24, 2.45) is 0 Å². The van der Waals surface area contributed by atoms with Gasteiger partial charge in [-0.05, 0) is 31.8 Å². The van der Waals surface area contributed by atoms with E-state index in [2.05, 4.69) is 23.8 Å². The Morgan fingerprint density at radius 2 is 1.42 bits per heavy atom. The van der Waals surface area contributed by atoms with Crippen molar-refractivity contribution in [3.8, 4) is 0 Å². The maximum atomic E-state index is 12.3. The number of nitrogens with one attached hydrogen (secondary N) is 1. The molecule has 0 saturated carbocycles. The Balaban J connectivity index is 0.000000314. The molecule has 0 radical (unpaired) electrons. The van der Waals surface area contributed by atoms with Crippen LogP contribution in [-0.4, -0.2) is 56.0 Å². The minimum atomic E-state index is -4.92. The van der Waals surface area contributed by atoms with Crippen LogP contribution in [0, 0.1) is 0 Å². The van der Waals surface area contributed by atoms with Crippen LogP contribution in [0.3, 0.4) is 0 Å². The predicted octanol–water partition coefficient (Wildman–Crippen LogP) is 3.55. The minimum Gasteiger partial charge on any atom is -0.329 e.